The molecule has 6 heteroatoms. The van der Waals surface area contributed by atoms with Gasteiger partial charge in [-0.25, -0.2) is 5.01 Å². The highest BCUT2D eigenvalue weighted by Gasteiger charge is 2.30. The van der Waals surface area contributed by atoms with Crippen LogP contribution in [-0.2, 0) is 14.3 Å². The van der Waals surface area contributed by atoms with E-state index in [1.165, 1.54) is 5.01 Å². The minimum atomic E-state index is -0.0939. The fourth-order valence-corrected chi connectivity index (χ4v) is 2.66. The molecule has 0 bridgehead atoms. The minimum absolute atomic E-state index is 0.0359. The van der Waals surface area contributed by atoms with Crippen molar-refractivity contribution in [3.8, 4) is 0 Å². The second-order valence-electron chi connectivity index (χ2n) is 5.52. The first-order valence-corrected chi connectivity index (χ1v) is 7.51. The maximum Gasteiger partial charge on any atom is 0.270 e. The topological polar surface area (TPSA) is 62.2 Å². The Morgan fingerprint density at radius 2 is 2.05 bits per heavy atom. The zero-order valence-electron chi connectivity index (χ0n) is 12.6. The van der Waals surface area contributed by atoms with Gasteiger partial charge in [0.2, 0.25) is 5.91 Å². The smallest absolute Gasteiger partial charge is 0.270 e. The molecule has 0 unspecified atom stereocenters. The molecule has 116 valence electrons. The van der Waals surface area contributed by atoms with Crippen LogP contribution in [-0.4, -0.2) is 48.2 Å². The number of morpholine rings is 1. The molecule has 1 atom stereocenters. The van der Waals surface area contributed by atoms with Crippen molar-refractivity contribution in [3.63, 3.8) is 0 Å². The van der Waals surface area contributed by atoms with Gasteiger partial charge >= 0.3 is 0 Å². The molecule has 1 saturated heterocycles. The number of amides is 2. The number of para-hydroxylation sites is 1. The van der Waals surface area contributed by atoms with E-state index in [1.54, 1.807) is 4.90 Å². The van der Waals surface area contributed by atoms with Crippen LogP contribution in [0, 0.1) is 0 Å². The fraction of sp³-hybridized carbons (Fsp3) is 0.438. The van der Waals surface area contributed by atoms with E-state index in [9.17, 15) is 9.59 Å². The van der Waals surface area contributed by atoms with Crippen LogP contribution in [0.15, 0.2) is 35.4 Å². The highest BCUT2D eigenvalue weighted by Crippen LogP contribution is 2.20. The largest absolute Gasteiger partial charge is 0.375 e. The maximum absolute atomic E-state index is 12.6. The summed E-state index contributed by atoms with van der Waals surface area (Å²) in [6.07, 6.45) is 0.736. The van der Waals surface area contributed by atoms with E-state index in [0.29, 0.717) is 43.9 Å². The molecule has 2 aliphatic rings. The molecule has 3 rings (SSSR count). The second-order valence-corrected chi connectivity index (χ2v) is 5.52. The lowest BCUT2D eigenvalue weighted by atomic mass is 10.1. The van der Waals surface area contributed by atoms with E-state index >= 15 is 0 Å². The van der Waals surface area contributed by atoms with Gasteiger partial charge in [-0.1, -0.05) is 18.2 Å². The van der Waals surface area contributed by atoms with Crippen LogP contribution in [0.5, 0.6) is 0 Å². The zero-order valence-corrected chi connectivity index (χ0v) is 12.6. The zero-order chi connectivity index (χ0) is 15.5. The summed E-state index contributed by atoms with van der Waals surface area (Å²) >= 11 is 0. The van der Waals surface area contributed by atoms with E-state index in [1.807, 2.05) is 37.3 Å². The fourth-order valence-electron chi connectivity index (χ4n) is 2.66. The van der Waals surface area contributed by atoms with E-state index in [-0.39, 0.29) is 17.9 Å². The molecule has 2 heterocycles. The van der Waals surface area contributed by atoms with Crippen molar-refractivity contribution >= 4 is 23.2 Å². The highest BCUT2D eigenvalue weighted by atomic mass is 16.5. The van der Waals surface area contributed by atoms with Gasteiger partial charge < -0.3 is 9.64 Å². The second kappa shape index (κ2) is 6.27. The molecule has 2 aliphatic heterocycles. The van der Waals surface area contributed by atoms with Gasteiger partial charge in [0.15, 0.2) is 0 Å². The molecule has 2 amide bonds. The molecule has 1 aromatic carbocycles. The molecule has 0 aromatic heterocycles. The first kappa shape index (κ1) is 14.7. The number of ether oxygens (including phenoxy) is 1. The van der Waals surface area contributed by atoms with Crippen molar-refractivity contribution < 1.29 is 14.3 Å². The van der Waals surface area contributed by atoms with Crippen molar-refractivity contribution in [1.29, 1.82) is 0 Å². The first-order valence-electron chi connectivity index (χ1n) is 7.51. The van der Waals surface area contributed by atoms with Gasteiger partial charge in [0.05, 0.1) is 18.4 Å². The summed E-state index contributed by atoms with van der Waals surface area (Å²) in [5, 5.41) is 5.64. The molecule has 1 fully saturated rings. The van der Waals surface area contributed by atoms with Gasteiger partial charge in [0.1, 0.15) is 5.71 Å². The van der Waals surface area contributed by atoms with Crippen molar-refractivity contribution in [3.05, 3.63) is 30.3 Å². The van der Waals surface area contributed by atoms with Crippen LogP contribution in [0.4, 0.5) is 5.69 Å². The van der Waals surface area contributed by atoms with Gasteiger partial charge in [-0.3, -0.25) is 9.59 Å². The Bertz CT molecular complexity index is 600. The standard InChI is InChI=1S/C16H19N3O3/c1-12-11-18(9-10-22-12)16(21)14-7-8-15(20)19(17-14)13-5-3-2-4-6-13/h2-6,12H,7-11H2,1H3/t12-/m0/s1. The predicted octanol–water partition coefficient (Wildman–Crippen LogP) is 1.42. The number of hydrazone groups is 1. The number of nitrogens with zero attached hydrogens (tertiary/aromatic N) is 3. The number of anilines is 1. The SMILES string of the molecule is C[C@H]1CN(C(=O)C2=NN(c3ccccc3)C(=O)CC2)CCO1. The molecule has 0 N–H and O–H groups in total. The maximum atomic E-state index is 12.6. The van der Waals surface area contributed by atoms with Crippen LogP contribution >= 0.6 is 0 Å². The third-order valence-corrected chi connectivity index (χ3v) is 3.81. The summed E-state index contributed by atoms with van der Waals surface area (Å²) in [4.78, 5) is 26.4. The van der Waals surface area contributed by atoms with Crippen LogP contribution in [0.25, 0.3) is 0 Å². The van der Waals surface area contributed by atoms with E-state index in [0.717, 1.165) is 0 Å². The van der Waals surface area contributed by atoms with Gasteiger partial charge in [-0.2, -0.15) is 5.10 Å². The van der Waals surface area contributed by atoms with Crippen LogP contribution in [0.3, 0.4) is 0 Å². The van der Waals surface area contributed by atoms with Gasteiger partial charge in [-0.05, 0) is 19.1 Å². The molecule has 0 saturated carbocycles. The Labute approximate surface area is 129 Å². The lowest BCUT2D eigenvalue weighted by Gasteiger charge is -2.32. The average molecular weight is 301 g/mol. The summed E-state index contributed by atoms with van der Waals surface area (Å²) in [5.41, 5.74) is 1.13. The Balaban J connectivity index is 1.81. The van der Waals surface area contributed by atoms with E-state index in [2.05, 4.69) is 5.10 Å². The number of rotatable bonds is 2. The normalized spacial score (nSPS) is 22.5. The third kappa shape index (κ3) is 3.01. The number of carbonyl (C=O) groups excluding carboxylic acids is 2. The van der Waals surface area contributed by atoms with Crippen molar-refractivity contribution in [1.82, 2.24) is 4.90 Å². The van der Waals surface area contributed by atoms with E-state index < -0.39 is 0 Å². The molecule has 22 heavy (non-hydrogen) atoms. The average Bonchev–Trinajstić information content (AvgIpc) is 2.55. The Morgan fingerprint density at radius 3 is 2.77 bits per heavy atom. The Hall–Kier alpha value is -2.21. The summed E-state index contributed by atoms with van der Waals surface area (Å²) in [7, 11) is 0. The molecule has 0 aliphatic carbocycles. The predicted molar refractivity (Wildman–Crippen MR) is 82.6 cm³/mol. The third-order valence-electron chi connectivity index (χ3n) is 3.81. The summed E-state index contributed by atoms with van der Waals surface area (Å²) in [6, 6.07) is 9.19. The van der Waals surface area contributed by atoms with Crippen molar-refractivity contribution in [2.45, 2.75) is 25.9 Å². The monoisotopic (exact) mass is 301 g/mol. The lowest BCUT2D eigenvalue weighted by Crippen LogP contribution is -2.48. The molecular formula is C16H19N3O3. The summed E-state index contributed by atoms with van der Waals surface area (Å²) in [5.74, 6) is -0.179. The molecule has 0 radical (unpaired) electrons. The van der Waals surface area contributed by atoms with Crippen LogP contribution < -0.4 is 5.01 Å². The highest BCUT2D eigenvalue weighted by molar-refractivity contribution is 6.40. The minimum Gasteiger partial charge on any atom is -0.375 e. The van der Waals surface area contributed by atoms with Crippen molar-refractivity contribution in [2.75, 3.05) is 24.7 Å². The molecule has 0 spiro atoms. The number of hydrogen-bond donors (Lipinski definition) is 0. The number of benzene rings is 1. The Kier molecular flexibility index (Phi) is 4.20. The summed E-state index contributed by atoms with van der Waals surface area (Å²) in [6.45, 7) is 3.63. The van der Waals surface area contributed by atoms with E-state index in [4.69, 9.17) is 4.74 Å². The van der Waals surface area contributed by atoms with Crippen LogP contribution in [0.1, 0.15) is 19.8 Å². The molecule has 6 nitrogen and oxygen atoms in total. The first-order chi connectivity index (χ1) is 10.6. The van der Waals surface area contributed by atoms with Gasteiger partial charge in [0, 0.05) is 25.9 Å². The quantitative estimate of drug-likeness (QED) is 0.830. The number of carbonyl (C=O) groups is 2. The number of hydrogen-bond acceptors (Lipinski definition) is 4. The van der Waals surface area contributed by atoms with Gasteiger partial charge in [0.25, 0.3) is 5.91 Å². The molecular weight excluding hydrogens is 282 g/mol. The Morgan fingerprint density at radius 1 is 1.27 bits per heavy atom. The molecule has 1 aromatic rings. The van der Waals surface area contributed by atoms with Gasteiger partial charge in [-0.15, -0.1) is 0 Å². The lowest BCUT2D eigenvalue weighted by molar-refractivity contribution is -0.131. The summed E-state index contributed by atoms with van der Waals surface area (Å²) < 4.78 is 5.45. The van der Waals surface area contributed by atoms with Crippen molar-refractivity contribution in [2.24, 2.45) is 5.10 Å². The van der Waals surface area contributed by atoms with Crippen LogP contribution in [0.2, 0.25) is 0 Å².